The van der Waals surface area contributed by atoms with Crippen molar-refractivity contribution in [3.63, 3.8) is 0 Å². The van der Waals surface area contributed by atoms with Gasteiger partial charge in [0, 0.05) is 37.6 Å². The largest absolute Gasteiger partial charge is 0.380 e. The van der Waals surface area contributed by atoms with E-state index in [0.717, 1.165) is 11.3 Å². The van der Waals surface area contributed by atoms with Crippen LogP contribution in [0.25, 0.3) is 0 Å². The molecule has 0 aromatic carbocycles. The number of hydrogen-bond acceptors (Lipinski definition) is 6. The van der Waals surface area contributed by atoms with E-state index in [9.17, 15) is 13.2 Å². The Morgan fingerprint density at radius 1 is 1.48 bits per heavy atom. The molecule has 2 heterocycles. The lowest BCUT2D eigenvalue weighted by molar-refractivity contribution is -0.139. The van der Waals surface area contributed by atoms with Crippen LogP contribution in [0.5, 0.6) is 0 Å². The van der Waals surface area contributed by atoms with Crippen LogP contribution in [0.3, 0.4) is 0 Å². The number of nitrogens with one attached hydrogen (secondary N) is 1. The third-order valence-electron chi connectivity index (χ3n) is 5.17. The lowest BCUT2D eigenvalue weighted by Gasteiger charge is -2.37. The zero-order valence-corrected chi connectivity index (χ0v) is 15.4. The van der Waals surface area contributed by atoms with E-state index in [1.165, 1.54) is 0 Å². The number of amides is 1. The van der Waals surface area contributed by atoms with Crippen molar-refractivity contribution in [1.82, 2.24) is 14.8 Å². The predicted octanol–water partition coefficient (Wildman–Crippen LogP) is 0.682. The summed E-state index contributed by atoms with van der Waals surface area (Å²) in [6.07, 6.45) is 3.79. The third-order valence-corrected chi connectivity index (χ3v) is 6.60. The van der Waals surface area contributed by atoms with Crippen molar-refractivity contribution in [1.29, 1.82) is 0 Å². The highest BCUT2D eigenvalue weighted by atomic mass is 32.2. The van der Waals surface area contributed by atoms with Crippen molar-refractivity contribution >= 4 is 15.9 Å². The average molecular weight is 371 g/mol. The van der Waals surface area contributed by atoms with E-state index in [-0.39, 0.29) is 29.7 Å². The van der Waals surface area contributed by atoms with Crippen molar-refractivity contribution in [2.75, 3.05) is 19.4 Å². The lowest BCUT2D eigenvalue weighted by Crippen LogP contribution is -2.50. The van der Waals surface area contributed by atoms with E-state index in [1.807, 2.05) is 4.90 Å². The SMILES string of the molecule is CCS(=O)(=O)N[C@@H]1CC[C@H](C(=O)N2CCc3nocc3C2)C[C@H]1OC. The maximum absolute atomic E-state index is 12.9. The fourth-order valence-corrected chi connectivity index (χ4v) is 4.55. The molecule has 3 rings (SSSR count). The standard InChI is InChI=1S/C16H25N3O5S/c1-3-25(21,22)18-14-5-4-11(8-15(14)23-2)16(20)19-7-6-13-12(9-19)10-24-17-13/h10-11,14-15,18H,3-9H2,1-2H3/t11-,14+,15+/m0/s1. The normalized spacial score (nSPS) is 27.1. The quantitative estimate of drug-likeness (QED) is 0.817. The molecule has 0 spiro atoms. The van der Waals surface area contributed by atoms with Crippen molar-refractivity contribution in [2.24, 2.45) is 5.92 Å². The van der Waals surface area contributed by atoms with Crippen LogP contribution >= 0.6 is 0 Å². The van der Waals surface area contributed by atoms with Gasteiger partial charge in [-0.2, -0.15) is 0 Å². The molecular formula is C16H25N3O5S. The van der Waals surface area contributed by atoms with Crippen LogP contribution in [-0.4, -0.2) is 55.9 Å². The van der Waals surface area contributed by atoms with Gasteiger partial charge in [0.2, 0.25) is 15.9 Å². The zero-order chi connectivity index (χ0) is 18.0. The summed E-state index contributed by atoms with van der Waals surface area (Å²) in [6.45, 7) is 2.77. The van der Waals surface area contributed by atoms with E-state index in [1.54, 1.807) is 20.3 Å². The maximum atomic E-state index is 12.9. The smallest absolute Gasteiger partial charge is 0.226 e. The molecule has 8 nitrogen and oxygen atoms in total. The number of nitrogens with zero attached hydrogens (tertiary/aromatic N) is 2. The first kappa shape index (κ1) is 18.3. The van der Waals surface area contributed by atoms with E-state index in [0.29, 0.717) is 38.8 Å². The summed E-state index contributed by atoms with van der Waals surface area (Å²) in [7, 11) is -1.73. The van der Waals surface area contributed by atoms with Crippen molar-refractivity contribution in [3.05, 3.63) is 17.5 Å². The summed E-state index contributed by atoms with van der Waals surface area (Å²) in [6, 6.07) is -0.273. The van der Waals surface area contributed by atoms with Crippen LogP contribution in [0.2, 0.25) is 0 Å². The highest BCUT2D eigenvalue weighted by molar-refractivity contribution is 7.89. The van der Waals surface area contributed by atoms with Gasteiger partial charge in [-0.25, -0.2) is 13.1 Å². The summed E-state index contributed by atoms with van der Waals surface area (Å²) in [5, 5.41) is 3.94. The molecule has 2 aliphatic rings. The third kappa shape index (κ3) is 4.04. The molecule has 1 aliphatic carbocycles. The van der Waals surface area contributed by atoms with Gasteiger partial charge in [0.05, 0.1) is 24.1 Å². The minimum atomic E-state index is -3.29. The fourth-order valence-electron chi connectivity index (χ4n) is 3.65. The first-order valence-corrected chi connectivity index (χ1v) is 10.3. The number of aromatic nitrogens is 1. The average Bonchev–Trinajstić information content (AvgIpc) is 3.09. The molecule has 1 saturated carbocycles. The number of sulfonamides is 1. The van der Waals surface area contributed by atoms with Gasteiger partial charge >= 0.3 is 0 Å². The van der Waals surface area contributed by atoms with E-state index < -0.39 is 10.0 Å². The molecule has 0 unspecified atom stereocenters. The molecular weight excluding hydrogens is 346 g/mol. The highest BCUT2D eigenvalue weighted by Gasteiger charge is 2.38. The number of methoxy groups -OCH3 is 1. The molecule has 1 aromatic heterocycles. The van der Waals surface area contributed by atoms with Gasteiger partial charge in [-0.15, -0.1) is 0 Å². The summed E-state index contributed by atoms with van der Waals surface area (Å²) in [4.78, 5) is 14.7. The first-order chi connectivity index (χ1) is 11.9. The number of fused-ring (bicyclic) bond motifs is 1. The molecule has 140 valence electrons. The second-order valence-electron chi connectivity index (χ2n) is 6.71. The Balaban J connectivity index is 1.62. The van der Waals surface area contributed by atoms with Gasteiger partial charge in [-0.05, 0) is 26.2 Å². The van der Waals surface area contributed by atoms with Gasteiger partial charge < -0.3 is 14.2 Å². The number of carbonyl (C=O) groups is 1. The van der Waals surface area contributed by atoms with Crippen LogP contribution in [0.4, 0.5) is 0 Å². The topological polar surface area (TPSA) is 102 Å². The zero-order valence-electron chi connectivity index (χ0n) is 14.6. The second-order valence-corrected chi connectivity index (χ2v) is 8.75. The Labute approximate surface area is 147 Å². The molecule has 0 radical (unpaired) electrons. The molecule has 1 fully saturated rings. The van der Waals surface area contributed by atoms with Gasteiger partial charge in [0.15, 0.2) is 0 Å². The van der Waals surface area contributed by atoms with Crippen LogP contribution in [0.15, 0.2) is 10.8 Å². The van der Waals surface area contributed by atoms with Gasteiger partial charge in [-0.3, -0.25) is 4.79 Å². The van der Waals surface area contributed by atoms with Crippen molar-refractivity contribution in [3.8, 4) is 0 Å². The summed E-state index contributed by atoms with van der Waals surface area (Å²) in [5.41, 5.74) is 1.89. The lowest BCUT2D eigenvalue weighted by atomic mass is 9.83. The number of ether oxygens (including phenoxy) is 1. The minimum Gasteiger partial charge on any atom is -0.380 e. The Morgan fingerprint density at radius 2 is 2.28 bits per heavy atom. The summed E-state index contributed by atoms with van der Waals surface area (Å²) < 4.78 is 36.8. The van der Waals surface area contributed by atoms with Crippen molar-refractivity contribution in [2.45, 2.75) is 51.3 Å². The molecule has 25 heavy (non-hydrogen) atoms. The summed E-state index contributed by atoms with van der Waals surface area (Å²) in [5.74, 6) is -0.00336. The molecule has 3 atom stereocenters. The molecule has 0 saturated heterocycles. The van der Waals surface area contributed by atoms with Crippen LogP contribution in [-0.2, 0) is 32.5 Å². The highest BCUT2D eigenvalue weighted by Crippen LogP contribution is 2.30. The van der Waals surface area contributed by atoms with Crippen LogP contribution in [0, 0.1) is 5.92 Å². The second kappa shape index (κ2) is 7.43. The van der Waals surface area contributed by atoms with Crippen LogP contribution < -0.4 is 4.72 Å². The summed E-state index contributed by atoms with van der Waals surface area (Å²) >= 11 is 0. The number of hydrogen-bond donors (Lipinski definition) is 1. The minimum absolute atomic E-state index is 0.0388. The van der Waals surface area contributed by atoms with Gasteiger partial charge in [0.25, 0.3) is 0 Å². The molecule has 1 amide bonds. The Bertz CT molecular complexity index is 717. The predicted molar refractivity (Wildman–Crippen MR) is 90.1 cm³/mol. The number of carbonyl (C=O) groups excluding carboxylic acids is 1. The molecule has 1 aromatic rings. The van der Waals surface area contributed by atoms with E-state index in [4.69, 9.17) is 9.26 Å². The van der Waals surface area contributed by atoms with E-state index >= 15 is 0 Å². The Kier molecular flexibility index (Phi) is 5.45. The molecule has 1 N–H and O–H groups in total. The molecule has 1 aliphatic heterocycles. The number of rotatable bonds is 5. The fraction of sp³-hybridized carbons (Fsp3) is 0.750. The van der Waals surface area contributed by atoms with Crippen molar-refractivity contribution < 1.29 is 22.5 Å². The van der Waals surface area contributed by atoms with Crippen LogP contribution in [0.1, 0.15) is 37.4 Å². The monoisotopic (exact) mass is 371 g/mol. The first-order valence-electron chi connectivity index (χ1n) is 8.67. The molecule has 0 bridgehead atoms. The van der Waals surface area contributed by atoms with Gasteiger partial charge in [0.1, 0.15) is 6.26 Å². The molecule has 9 heteroatoms. The van der Waals surface area contributed by atoms with E-state index in [2.05, 4.69) is 9.88 Å². The van der Waals surface area contributed by atoms with Gasteiger partial charge in [-0.1, -0.05) is 5.16 Å². The Morgan fingerprint density at radius 3 is 3.00 bits per heavy atom. The maximum Gasteiger partial charge on any atom is 0.226 e. The Hall–Kier alpha value is -1.45.